The van der Waals surface area contributed by atoms with Crippen molar-refractivity contribution in [3.63, 3.8) is 0 Å². The Bertz CT molecular complexity index is 556. The Labute approximate surface area is 112 Å². The van der Waals surface area contributed by atoms with Crippen LogP contribution in [0.2, 0.25) is 0 Å². The van der Waals surface area contributed by atoms with E-state index in [1.54, 1.807) is 0 Å². The minimum absolute atomic E-state index is 0.0555. The molecule has 1 aromatic rings. The Morgan fingerprint density at radius 1 is 1.53 bits per heavy atom. The molecule has 19 heavy (non-hydrogen) atoms. The molecule has 1 N–H and O–H groups in total. The van der Waals surface area contributed by atoms with Crippen LogP contribution in [0.5, 0.6) is 0 Å². The van der Waals surface area contributed by atoms with Crippen molar-refractivity contribution in [2.24, 2.45) is 0 Å². The highest BCUT2D eigenvalue weighted by Crippen LogP contribution is 2.01. The number of nitrogens with zero attached hydrogens (tertiary/aromatic N) is 2. The van der Waals surface area contributed by atoms with Crippen molar-refractivity contribution in [3.8, 4) is 0 Å². The molecule has 1 rings (SSSR count). The molecule has 0 saturated carbocycles. The number of hydrogen-bond donors (Lipinski definition) is 1. The number of carbonyl (C=O) groups excluding carboxylic acids is 1. The van der Waals surface area contributed by atoms with Gasteiger partial charge in [-0.2, -0.15) is 0 Å². The predicted octanol–water partition coefficient (Wildman–Crippen LogP) is 1.52. The van der Waals surface area contributed by atoms with E-state index >= 15 is 0 Å². The van der Waals surface area contributed by atoms with Gasteiger partial charge in [0.05, 0.1) is 12.9 Å². The number of allylic oxidation sites excluding steroid dienone is 4. The topological polar surface area (TPSA) is 64.0 Å². The van der Waals surface area contributed by atoms with E-state index in [1.165, 1.54) is 24.1 Å². The third-order valence-corrected chi connectivity index (χ3v) is 2.66. The van der Waals surface area contributed by atoms with Crippen LogP contribution in [0.25, 0.3) is 0 Å². The molecule has 102 valence electrons. The average Bonchev–Trinajstić information content (AvgIpc) is 2.44. The van der Waals surface area contributed by atoms with Crippen molar-refractivity contribution in [2.45, 2.75) is 26.8 Å². The molecule has 0 fully saturated rings. The van der Waals surface area contributed by atoms with Gasteiger partial charge in [-0.3, -0.25) is 14.2 Å². The second-order valence-corrected chi connectivity index (χ2v) is 3.99. The molecule has 1 heterocycles. The van der Waals surface area contributed by atoms with Gasteiger partial charge in [0.2, 0.25) is 0 Å². The van der Waals surface area contributed by atoms with Crippen molar-refractivity contribution in [2.75, 3.05) is 7.05 Å². The Balaban J connectivity index is 3.06. The van der Waals surface area contributed by atoms with Gasteiger partial charge in [0.1, 0.15) is 5.56 Å². The van der Waals surface area contributed by atoms with Crippen LogP contribution in [-0.4, -0.2) is 22.5 Å². The van der Waals surface area contributed by atoms with Crippen molar-refractivity contribution < 1.29 is 4.79 Å². The summed E-state index contributed by atoms with van der Waals surface area (Å²) in [5.41, 5.74) is 0.721. The molecular formula is C14H19N3O2. The molecule has 0 unspecified atom stereocenters. The maximum Gasteiger partial charge on any atom is 0.266 e. The molecule has 0 spiro atoms. The van der Waals surface area contributed by atoms with Crippen molar-refractivity contribution in [1.82, 2.24) is 14.9 Å². The Morgan fingerprint density at radius 3 is 2.84 bits per heavy atom. The van der Waals surface area contributed by atoms with E-state index < -0.39 is 5.91 Å². The summed E-state index contributed by atoms with van der Waals surface area (Å²) in [6.07, 6.45) is 9.59. The maximum atomic E-state index is 12.1. The summed E-state index contributed by atoms with van der Waals surface area (Å²) >= 11 is 0. The molecule has 0 bridgehead atoms. The highest BCUT2D eigenvalue weighted by atomic mass is 16.2. The number of aromatic nitrogens is 2. The van der Waals surface area contributed by atoms with E-state index in [1.807, 2.05) is 32.1 Å². The van der Waals surface area contributed by atoms with Gasteiger partial charge in [-0.1, -0.05) is 25.2 Å². The Morgan fingerprint density at radius 2 is 2.26 bits per heavy atom. The van der Waals surface area contributed by atoms with Crippen LogP contribution in [0.1, 0.15) is 30.6 Å². The zero-order chi connectivity index (χ0) is 14.3. The van der Waals surface area contributed by atoms with Crippen LogP contribution in [-0.2, 0) is 6.54 Å². The summed E-state index contributed by atoms with van der Waals surface area (Å²) in [7, 11) is 1.49. The van der Waals surface area contributed by atoms with E-state index in [0.29, 0.717) is 6.54 Å². The van der Waals surface area contributed by atoms with Gasteiger partial charge < -0.3 is 5.32 Å². The predicted molar refractivity (Wildman–Crippen MR) is 75.1 cm³/mol. The number of carbonyl (C=O) groups is 1. The zero-order valence-electron chi connectivity index (χ0n) is 11.5. The summed E-state index contributed by atoms with van der Waals surface area (Å²) in [5.74, 6) is -0.419. The van der Waals surface area contributed by atoms with Crippen molar-refractivity contribution in [1.29, 1.82) is 0 Å². The van der Waals surface area contributed by atoms with Crippen molar-refractivity contribution in [3.05, 3.63) is 52.2 Å². The number of hydrogen-bond acceptors (Lipinski definition) is 3. The Hall–Kier alpha value is -2.17. The molecule has 1 amide bonds. The fourth-order valence-electron chi connectivity index (χ4n) is 1.56. The molecule has 5 nitrogen and oxygen atoms in total. The highest BCUT2D eigenvalue weighted by Gasteiger charge is 2.11. The summed E-state index contributed by atoms with van der Waals surface area (Å²) < 4.78 is 1.43. The first kappa shape index (κ1) is 14.9. The van der Waals surface area contributed by atoms with Crippen LogP contribution in [0, 0.1) is 0 Å². The molecule has 1 aromatic heterocycles. The SMILES string of the molecule is C/C=C(\C=C/CC)Cn1cncc(C(=O)NC)c1=O. The van der Waals surface area contributed by atoms with Gasteiger partial charge in [0.25, 0.3) is 11.5 Å². The maximum absolute atomic E-state index is 12.1. The van der Waals surface area contributed by atoms with Crippen LogP contribution < -0.4 is 10.9 Å². The monoisotopic (exact) mass is 261 g/mol. The van der Waals surface area contributed by atoms with Gasteiger partial charge in [0, 0.05) is 13.2 Å². The summed E-state index contributed by atoms with van der Waals surface area (Å²) in [4.78, 5) is 27.6. The second-order valence-electron chi connectivity index (χ2n) is 3.99. The normalized spacial score (nSPS) is 11.8. The molecule has 0 atom stereocenters. The van der Waals surface area contributed by atoms with Crippen LogP contribution in [0.3, 0.4) is 0 Å². The van der Waals surface area contributed by atoms with Gasteiger partial charge >= 0.3 is 0 Å². The fourth-order valence-corrected chi connectivity index (χ4v) is 1.56. The summed E-state index contributed by atoms with van der Waals surface area (Å²) in [6, 6.07) is 0. The van der Waals surface area contributed by atoms with E-state index in [0.717, 1.165) is 12.0 Å². The summed E-state index contributed by atoms with van der Waals surface area (Å²) in [5, 5.41) is 2.43. The largest absolute Gasteiger partial charge is 0.355 e. The zero-order valence-corrected chi connectivity index (χ0v) is 11.5. The van der Waals surface area contributed by atoms with Gasteiger partial charge in [-0.25, -0.2) is 4.98 Å². The van der Waals surface area contributed by atoms with Crippen LogP contribution >= 0.6 is 0 Å². The van der Waals surface area contributed by atoms with Gasteiger partial charge in [-0.15, -0.1) is 0 Å². The lowest BCUT2D eigenvalue weighted by atomic mass is 10.2. The Kier molecular flexibility index (Phi) is 5.73. The minimum Gasteiger partial charge on any atom is -0.355 e. The van der Waals surface area contributed by atoms with Gasteiger partial charge in [0.15, 0.2) is 0 Å². The molecule has 0 radical (unpaired) electrons. The molecule has 0 aliphatic carbocycles. The average molecular weight is 261 g/mol. The first-order valence-corrected chi connectivity index (χ1v) is 6.22. The molecule has 0 aliphatic heterocycles. The molecule has 0 aliphatic rings. The quantitative estimate of drug-likeness (QED) is 0.817. The number of amides is 1. The third kappa shape index (κ3) is 3.91. The second kappa shape index (κ2) is 7.31. The standard InChI is InChI=1S/C14H19N3O2/c1-4-6-7-11(5-2)9-17-10-16-8-12(14(17)19)13(18)15-3/h5-8,10H,4,9H2,1-3H3,(H,15,18)/b7-6-,11-5+. The van der Waals surface area contributed by atoms with Crippen molar-refractivity contribution >= 4 is 5.91 Å². The fraction of sp³-hybridized carbons (Fsp3) is 0.357. The molecule has 0 aromatic carbocycles. The lowest BCUT2D eigenvalue weighted by Crippen LogP contribution is -2.31. The summed E-state index contributed by atoms with van der Waals surface area (Å²) in [6.45, 7) is 4.36. The number of nitrogens with one attached hydrogen (secondary N) is 1. The molecule has 0 saturated heterocycles. The highest BCUT2D eigenvalue weighted by molar-refractivity contribution is 5.93. The first-order valence-electron chi connectivity index (χ1n) is 6.22. The van der Waals surface area contributed by atoms with E-state index in [-0.39, 0.29) is 11.1 Å². The van der Waals surface area contributed by atoms with Crippen LogP contribution in [0.15, 0.2) is 41.1 Å². The number of rotatable bonds is 5. The smallest absolute Gasteiger partial charge is 0.266 e. The van der Waals surface area contributed by atoms with Gasteiger partial charge in [-0.05, 0) is 18.9 Å². The third-order valence-electron chi connectivity index (χ3n) is 2.66. The van der Waals surface area contributed by atoms with E-state index in [2.05, 4.69) is 10.3 Å². The first-order chi connectivity index (χ1) is 9.13. The lowest BCUT2D eigenvalue weighted by Gasteiger charge is -2.07. The minimum atomic E-state index is -0.419. The lowest BCUT2D eigenvalue weighted by molar-refractivity contribution is 0.0960. The van der Waals surface area contributed by atoms with Crippen LogP contribution in [0.4, 0.5) is 0 Å². The van der Waals surface area contributed by atoms with E-state index in [4.69, 9.17) is 0 Å². The molecular weight excluding hydrogens is 242 g/mol. The van der Waals surface area contributed by atoms with E-state index in [9.17, 15) is 9.59 Å². The molecule has 5 heteroatoms.